The van der Waals surface area contributed by atoms with Gasteiger partial charge in [0.05, 0.1) is 16.1 Å². The van der Waals surface area contributed by atoms with E-state index in [-0.39, 0.29) is 5.82 Å². The van der Waals surface area contributed by atoms with Crippen LogP contribution in [0, 0.1) is 5.82 Å². The first kappa shape index (κ1) is 16.6. The summed E-state index contributed by atoms with van der Waals surface area (Å²) < 4.78 is 13.7. The van der Waals surface area contributed by atoms with Gasteiger partial charge in [0, 0.05) is 16.3 Å². The highest BCUT2D eigenvalue weighted by molar-refractivity contribution is 6.33. The molecule has 0 unspecified atom stereocenters. The van der Waals surface area contributed by atoms with Gasteiger partial charge in [-0.3, -0.25) is 5.10 Å². The van der Waals surface area contributed by atoms with E-state index in [1.165, 1.54) is 12.1 Å². The number of nitrogens with one attached hydrogen (secondary N) is 2. The summed E-state index contributed by atoms with van der Waals surface area (Å²) in [5.74, 6) is 1.22. The first-order chi connectivity index (χ1) is 13.7. The number of para-hydroxylation sites is 1. The molecule has 0 aliphatic heterocycles. The Labute approximate surface area is 164 Å². The third kappa shape index (κ3) is 2.84. The van der Waals surface area contributed by atoms with E-state index in [0.717, 1.165) is 22.0 Å². The monoisotopic (exact) mass is 389 g/mol. The van der Waals surface area contributed by atoms with E-state index in [2.05, 4.69) is 25.5 Å². The number of aromatic amines is 1. The van der Waals surface area contributed by atoms with Crippen LogP contribution in [-0.2, 0) is 0 Å². The molecule has 5 rings (SSSR count). The fourth-order valence-corrected chi connectivity index (χ4v) is 3.35. The van der Waals surface area contributed by atoms with Crippen LogP contribution in [0.15, 0.2) is 66.7 Å². The molecule has 0 aliphatic carbocycles. The van der Waals surface area contributed by atoms with Crippen molar-refractivity contribution in [3.8, 4) is 11.4 Å². The van der Waals surface area contributed by atoms with Crippen molar-refractivity contribution < 1.29 is 4.39 Å². The summed E-state index contributed by atoms with van der Waals surface area (Å²) in [7, 11) is 0. The van der Waals surface area contributed by atoms with Gasteiger partial charge in [-0.25, -0.2) is 14.4 Å². The number of aromatic nitrogens is 4. The van der Waals surface area contributed by atoms with Crippen molar-refractivity contribution >= 4 is 45.0 Å². The molecule has 5 nitrogen and oxygen atoms in total. The highest BCUT2D eigenvalue weighted by atomic mass is 35.5. The van der Waals surface area contributed by atoms with Gasteiger partial charge in [0.1, 0.15) is 11.6 Å². The van der Waals surface area contributed by atoms with Crippen molar-refractivity contribution in [2.24, 2.45) is 0 Å². The zero-order chi connectivity index (χ0) is 19.1. The quantitative estimate of drug-likeness (QED) is 0.415. The number of anilines is 2. The lowest BCUT2D eigenvalue weighted by atomic mass is 10.1. The summed E-state index contributed by atoms with van der Waals surface area (Å²) in [5.41, 5.74) is 2.23. The van der Waals surface area contributed by atoms with Gasteiger partial charge in [0.25, 0.3) is 0 Å². The van der Waals surface area contributed by atoms with Crippen molar-refractivity contribution in [2.75, 3.05) is 5.32 Å². The average molecular weight is 390 g/mol. The minimum absolute atomic E-state index is 0.332. The average Bonchev–Trinajstić information content (AvgIpc) is 3.10. The van der Waals surface area contributed by atoms with Crippen molar-refractivity contribution in [3.63, 3.8) is 0 Å². The largest absolute Gasteiger partial charge is 0.322 e. The first-order valence-corrected chi connectivity index (χ1v) is 8.99. The summed E-state index contributed by atoms with van der Waals surface area (Å²) in [6.07, 6.45) is 0. The molecule has 136 valence electrons. The number of halogens is 2. The SMILES string of the molecule is Fc1ccc2[nH]nc(Nc3nc(-c4ccccc4Cl)nc4ccccc34)c2c1. The lowest BCUT2D eigenvalue weighted by molar-refractivity contribution is 0.630. The van der Waals surface area contributed by atoms with Crippen LogP contribution in [0.1, 0.15) is 0 Å². The Morgan fingerprint density at radius 1 is 0.857 bits per heavy atom. The van der Waals surface area contributed by atoms with Crippen LogP contribution in [-0.4, -0.2) is 20.2 Å². The maximum atomic E-state index is 13.7. The Kier molecular flexibility index (Phi) is 3.91. The Morgan fingerprint density at radius 3 is 2.57 bits per heavy atom. The molecule has 0 radical (unpaired) electrons. The number of H-pyrrole nitrogens is 1. The third-order valence-electron chi connectivity index (χ3n) is 4.48. The second-order valence-corrected chi connectivity index (χ2v) is 6.69. The van der Waals surface area contributed by atoms with Crippen LogP contribution in [0.3, 0.4) is 0 Å². The normalized spacial score (nSPS) is 11.2. The van der Waals surface area contributed by atoms with Crippen LogP contribution in [0.25, 0.3) is 33.2 Å². The molecule has 28 heavy (non-hydrogen) atoms. The topological polar surface area (TPSA) is 66.5 Å². The molecule has 0 fully saturated rings. The lowest BCUT2D eigenvalue weighted by Crippen LogP contribution is -2.00. The Morgan fingerprint density at radius 2 is 1.68 bits per heavy atom. The van der Waals surface area contributed by atoms with E-state index >= 15 is 0 Å². The molecular formula is C21H13ClFN5. The first-order valence-electron chi connectivity index (χ1n) is 8.61. The molecule has 0 bridgehead atoms. The van der Waals surface area contributed by atoms with Gasteiger partial charge in [-0.2, -0.15) is 5.10 Å². The van der Waals surface area contributed by atoms with Crippen molar-refractivity contribution in [1.82, 2.24) is 20.2 Å². The molecule has 0 aliphatic rings. The van der Waals surface area contributed by atoms with Gasteiger partial charge in [-0.05, 0) is 42.5 Å². The van der Waals surface area contributed by atoms with E-state index in [4.69, 9.17) is 11.6 Å². The standard InChI is InChI=1S/C21H13ClFN5/c22-16-7-3-1-5-13(16)19-24-17-8-4-2-6-14(17)20(25-19)26-21-15-11-12(23)9-10-18(15)27-28-21/h1-11H,(H2,24,25,26,27,28). The van der Waals surface area contributed by atoms with Gasteiger partial charge < -0.3 is 5.32 Å². The van der Waals surface area contributed by atoms with Gasteiger partial charge in [-0.1, -0.05) is 35.9 Å². The van der Waals surface area contributed by atoms with Gasteiger partial charge >= 0.3 is 0 Å². The van der Waals surface area contributed by atoms with Crippen LogP contribution in [0.2, 0.25) is 5.02 Å². The molecule has 0 amide bonds. The predicted molar refractivity (Wildman–Crippen MR) is 109 cm³/mol. The molecule has 2 heterocycles. The Balaban J connectivity index is 1.69. The van der Waals surface area contributed by atoms with E-state index in [0.29, 0.717) is 27.9 Å². The number of fused-ring (bicyclic) bond motifs is 2. The van der Waals surface area contributed by atoms with Crippen molar-refractivity contribution in [3.05, 3.63) is 77.6 Å². The Hall–Kier alpha value is -3.51. The third-order valence-corrected chi connectivity index (χ3v) is 4.81. The summed E-state index contributed by atoms with van der Waals surface area (Å²) in [4.78, 5) is 9.33. The van der Waals surface area contributed by atoms with Gasteiger partial charge in [-0.15, -0.1) is 0 Å². The van der Waals surface area contributed by atoms with Gasteiger partial charge in [0.2, 0.25) is 0 Å². The van der Waals surface area contributed by atoms with E-state index < -0.39 is 0 Å². The van der Waals surface area contributed by atoms with Crippen LogP contribution >= 0.6 is 11.6 Å². The predicted octanol–water partition coefficient (Wildman–Crippen LogP) is 5.71. The lowest BCUT2D eigenvalue weighted by Gasteiger charge is -2.10. The molecule has 5 aromatic rings. The van der Waals surface area contributed by atoms with Crippen molar-refractivity contribution in [2.45, 2.75) is 0 Å². The molecule has 0 saturated carbocycles. The number of nitrogens with zero attached hydrogens (tertiary/aromatic N) is 3. The highest BCUT2D eigenvalue weighted by Crippen LogP contribution is 2.31. The number of rotatable bonds is 3. The van der Waals surface area contributed by atoms with Crippen LogP contribution < -0.4 is 5.32 Å². The molecule has 2 aromatic heterocycles. The zero-order valence-electron chi connectivity index (χ0n) is 14.4. The molecule has 3 aromatic carbocycles. The Bertz CT molecular complexity index is 1330. The molecule has 0 atom stereocenters. The minimum Gasteiger partial charge on any atom is -0.322 e. The minimum atomic E-state index is -0.332. The number of benzene rings is 3. The molecule has 0 saturated heterocycles. The maximum Gasteiger partial charge on any atom is 0.163 e. The maximum absolute atomic E-state index is 13.7. The molecule has 7 heteroatoms. The fraction of sp³-hybridized carbons (Fsp3) is 0. The highest BCUT2D eigenvalue weighted by Gasteiger charge is 2.14. The number of hydrogen-bond donors (Lipinski definition) is 2. The smallest absolute Gasteiger partial charge is 0.163 e. The van der Waals surface area contributed by atoms with Gasteiger partial charge in [0.15, 0.2) is 11.6 Å². The van der Waals surface area contributed by atoms with E-state index in [1.807, 2.05) is 42.5 Å². The molecular weight excluding hydrogens is 377 g/mol. The van der Waals surface area contributed by atoms with Crippen LogP contribution in [0.5, 0.6) is 0 Å². The molecule has 2 N–H and O–H groups in total. The van der Waals surface area contributed by atoms with Crippen molar-refractivity contribution in [1.29, 1.82) is 0 Å². The molecule has 0 spiro atoms. The van der Waals surface area contributed by atoms with E-state index in [9.17, 15) is 4.39 Å². The second-order valence-electron chi connectivity index (χ2n) is 6.28. The zero-order valence-corrected chi connectivity index (χ0v) is 15.2. The summed E-state index contributed by atoms with van der Waals surface area (Å²) in [6.45, 7) is 0. The summed E-state index contributed by atoms with van der Waals surface area (Å²) >= 11 is 6.34. The van der Waals surface area contributed by atoms with Crippen LogP contribution in [0.4, 0.5) is 16.0 Å². The second kappa shape index (κ2) is 6.58. The summed E-state index contributed by atoms with van der Waals surface area (Å²) in [5, 5.41) is 12.4. The fourth-order valence-electron chi connectivity index (χ4n) is 3.13. The summed E-state index contributed by atoms with van der Waals surface area (Å²) in [6, 6.07) is 19.5. The van der Waals surface area contributed by atoms with E-state index in [1.54, 1.807) is 12.1 Å². The number of hydrogen-bond acceptors (Lipinski definition) is 4.